The molecule has 0 aliphatic carbocycles. The number of hydrogen-bond donors (Lipinski definition) is 1. The summed E-state index contributed by atoms with van der Waals surface area (Å²) in [4.78, 5) is 0.346. The van der Waals surface area contributed by atoms with Crippen LogP contribution in [0.2, 0.25) is 0 Å². The quantitative estimate of drug-likeness (QED) is 0.944. The van der Waals surface area contributed by atoms with Crippen LogP contribution in [-0.2, 0) is 23.6 Å². The van der Waals surface area contributed by atoms with E-state index in [0.717, 1.165) is 28.1 Å². The summed E-state index contributed by atoms with van der Waals surface area (Å²) in [5.74, 6) is 0. The smallest absolute Gasteiger partial charge is 0.241 e. The van der Waals surface area contributed by atoms with Gasteiger partial charge in [-0.05, 0) is 51.0 Å². The number of aromatic nitrogens is 1. The lowest BCUT2D eigenvalue weighted by Crippen LogP contribution is -2.24. The molecule has 0 aliphatic rings. The highest BCUT2D eigenvalue weighted by atomic mass is 32.2. The first-order chi connectivity index (χ1) is 9.72. The van der Waals surface area contributed by atoms with Gasteiger partial charge in [0, 0.05) is 25.0 Å². The Balaban J connectivity index is 2.24. The Morgan fingerprint density at radius 1 is 1.10 bits per heavy atom. The Morgan fingerprint density at radius 2 is 1.76 bits per heavy atom. The van der Waals surface area contributed by atoms with Crippen LogP contribution in [-0.4, -0.2) is 13.0 Å². The predicted octanol–water partition coefficient (Wildman–Crippen LogP) is 2.74. The Kier molecular flexibility index (Phi) is 4.25. The van der Waals surface area contributed by atoms with E-state index in [9.17, 15) is 8.42 Å². The molecule has 0 spiro atoms. The van der Waals surface area contributed by atoms with Crippen molar-refractivity contribution in [3.05, 3.63) is 52.3 Å². The number of hydrogen-bond acceptors (Lipinski definition) is 2. The maximum Gasteiger partial charge on any atom is 0.241 e. The fourth-order valence-corrected chi connectivity index (χ4v) is 3.69. The summed E-state index contributed by atoms with van der Waals surface area (Å²) in [5.41, 5.74) is 5.02. The van der Waals surface area contributed by atoms with E-state index in [-0.39, 0.29) is 0 Å². The van der Waals surface area contributed by atoms with Crippen LogP contribution in [0.4, 0.5) is 0 Å². The Morgan fingerprint density at radius 3 is 2.29 bits per heavy atom. The van der Waals surface area contributed by atoms with Crippen LogP contribution in [0.25, 0.3) is 0 Å². The topological polar surface area (TPSA) is 51.1 Å². The molecule has 2 rings (SSSR count). The molecular weight excluding hydrogens is 284 g/mol. The first-order valence-corrected chi connectivity index (χ1v) is 8.39. The molecule has 0 unspecified atom stereocenters. The normalized spacial score (nSPS) is 11.9. The fraction of sp³-hybridized carbons (Fsp3) is 0.375. The third kappa shape index (κ3) is 3.19. The van der Waals surface area contributed by atoms with Gasteiger partial charge in [0.1, 0.15) is 0 Å². The molecule has 0 saturated heterocycles. The second-order valence-electron chi connectivity index (χ2n) is 5.55. The second-order valence-corrected chi connectivity index (χ2v) is 7.28. The largest absolute Gasteiger partial charge is 0.352 e. The highest BCUT2D eigenvalue weighted by Crippen LogP contribution is 2.18. The summed E-state index contributed by atoms with van der Waals surface area (Å²) in [7, 11) is -1.51. The molecule has 0 radical (unpaired) electrons. The number of nitrogens with one attached hydrogen (secondary N) is 1. The van der Waals surface area contributed by atoms with E-state index < -0.39 is 10.0 Å². The van der Waals surface area contributed by atoms with Gasteiger partial charge in [-0.15, -0.1) is 0 Å². The summed E-state index contributed by atoms with van der Waals surface area (Å²) < 4.78 is 29.6. The van der Waals surface area contributed by atoms with Crippen LogP contribution in [0.5, 0.6) is 0 Å². The van der Waals surface area contributed by atoms with Crippen LogP contribution < -0.4 is 4.72 Å². The Labute approximate surface area is 126 Å². The van der Waals surface area contributed by atoms with Gasteiger partial charge in [-0.2, -0.15) is 0 Å². The van der Waals surface area contributed by atoms with E-state index >= 15 is 0 Å². The van der Waals surface area contributed by atoms with Crippen molar-refractivity contribution in [3.63, 3.8) is 0 Å². The number of aryl methyl sites for hydroxylation is 3. The van der Waals surface area contributed by atoms with Crippen molar-refractivity contribution in [1.29, 1.82) is 0 Å². The maximum absolute atomic E-state index is 12.4. The molecule has 1 N–H and O–H groups in total. The van der Waals surface area contributed by atoms with Gasteiger partial charge in [0.05, 0.1) is 4.90 Å². The van der Waals surface area contributed by atoms with Crippen molar-refractivity contribution in [2.24, 2.45) is 7.05 Å². The van der Waals surface area contributed by atoms with Crippen molar-refractivity contribution in [2.45, 2.75) is 39.1 Å². The van der Waals surface area contributed by atoms with E-state index in [4.69, 9.17) is 0 Å². The van der Waals surface area contributed by atoms with Crippen LogP contribution in [0.1, 0.15) is 28.1 Å². The molecule has 0 atom stereocenters. The highest BCUT2D eigenvalue weighted by Gasteiger charge is 2.17. The summed E-state index contributed by atoms with van der Waals surface area (Å²) in [6.07, 6.45) is 0. The summed E-state index contributed by atoms with van der Waals surface area (Å²) in [6.45, 7) is 8.08. The van der Waals surface area contributed by atoms with Gasteiger partial charge in [0.15, 0.2) is 0 Å². The minimum Gasteiger partial charge on any atom is -0.352 e. The number of benzene rings is 1. The van der Waals surface area contributed by atoms with Crippen molar-refractivity contribution < 1.29 is 8.42 Å². The molecule has 0 saturated carbocycles. The lowest BCUT2D eigenvalue weighted by molar-refractivity contribution is 0.580. The van der Waals surface area contributed by atoms with Crippen LogP contribution in [0, 0.1) is 27.7 Å². The molecule has 114 valence electrons. The van der Waals surface area contributed by atoms with Crippen molar-refractivity contribution >= 4 is 10.0 Å². The summed E-state index contributed by atoms with van der Waals surface area (Å²) in [5, 5.41) is 0. The van der Waals surface area contributed by atoms with Gasteiger partial charge in [0.25, 0.3) is 0 Å². The van der Waals surface area contributed by atoms with Gasteiger partial charge in [0.2, 0.25) is 10.0 Å². The molecule has 0 amide bonds. The van der Waals surface area contributed by atoms with Crippen LogP contribution in [0.3, 0.4) is 0 Å². The zero-order chi connectivity index (χ0) is 15.8. The molecule has 21 heavy (non-hydrogen) atoms. The maximum atomic E-state index is 12.4. The van der Waals surface area contributed by atoms with Crippen molar-refractivity contribution in [3.8, 4) is 0 Å². The van der Waals surface area contributed by atoms with E-state index in [1.165, 1.54) is 0 Å². The van der Waals surface area contributed by atoms with Crippen LogP contribution >= 0.6 is 0 Å². The van der Waals surface area contributed by atoms with Gasteiger partial charge in [-0.25, -0.2) is 13.1 Å². The molecular formula is C16H22N2O2S. The molecule has 0 fully saturated rings. The first-order valence-electron chi connectivity index (χ1n) is 6.91. The highest BCUT2D eigenvalue weighted by molar-refractivity contribution is 7.89. The minimum absolute atomic E-state index is 0.309. The SMILES string of the molecule is Cc1ccc(S(=O)(=O)NCc2cc(C)n(C)c2C)c(C)c1. The number of sulfonamides is 1. The zero-order valence-corrected chi connectivity index (χ0v) is 14.0. The Hall–Kier alpha value is -1.59. The number of rotatable bonds is 4. The van der Waals surface area contributed by atoms with Crippen molar-refractivity contribution in [2.75, 3.05) is 0 Å². The molecule has 2 aromatic rings. The van der Waals surface area contributed by atoms with Gasteiger partial charge in [-0.1, -0.05) is 17.7 Å². The Bertz CT molecular complexity index is 774. The molecule has 0 aliphatic heterocycles. The fourth-order valence-electron chi connectivity index (χ4n) is 2.46. The minimum atomic E-state index is -3.49. The molecule has 1 aromatic carbocycles. The number of nitrogens with zero attached hydrogens (tertiary/aromatic N) is 1. The third-order valence-corrected chi connectivity index (χ3v) is 5.51. The van der Waals surface area contributed by atoms with E-state index in [2.05, 4.69) is 9.29 Å². The van der Waals surface area contributed by atoms with E-state index in [0.29, 0.717) is 11.4 Å². The predicted molar refractivity (Wildman–Crippen MR) is 84.8 cm³/mol. The summed E-state index contributed by atoms with van der Waals surface area (Å²) >= 11 is 0. The average molecular weight is 306 g/mol. The summed E-state index contributed by atoms with van der Waals surface area (Å²) in [6, 6.07) is 7.38. The standard InChI is InChI=1S/C16H22N2O2S/c1-11-6-7-16(12(2)8-11)21(19,20)17-10-15-9-13(3)18(5)14(15)4/h6-9,17H,10H2,1-5H3. The monoisotopic (exact) mass is 306 g/mol. The van der Waals surface area contributed by atoms with Gasteiger partial charge >= 0.3 is 0 Å². The lowest BCUT2D eigenvalue weighted by atomic mass is 10.2. The molecule has 0 bridgehead atoms. The molecule has 4 nitrogen and oxygen atoms in total. The van der Waals surface area contributed by atoms with E-state index in [1.807, 2.05) is 52.9 Å². The van der Waals surface area contributed by atoms with Gasteiger partial charge in [-0.3, -0.25) is 0 Å². The second kappa shape index (κ2) is 5.66. The molecule has 1 heterocycles. The molecule has 5 heteroatoms. The zero-order valence-electron chi connectivity index (χ0n) is 13.2. The third-order valence-electron chi connectivity index (χ3n) is 3.95. The molecule has 1 aromatic heterocycles. The van der Waals surface area contributed by atoms with Crippen LogP contribution in [0.15, 0.2) is 29.2 Å². The lowest BCUT2D eigenvalue weighted by Gasteiger charge is -2.10. The first kappa shape index (κ1) is 15.8. The average Bonchev–Trinajstić information content (AvgIpc) is 2.63. The van der Waals surface area contributed by atoms with Crippen molar-refractivity contribution in [1.82, 2.24) is 9.29 Å². The van der Waals surface area contributed by atoms with E-state index in [1.54, 1.807) is 6.07 Å². The van der Waals surface area contributed by atoms with Gasteiger partial charge < -0.3 is 4.57 Å².